The molecule has 0 bridgehead atoms. The molecular formula is C27H25NO3. The van der Waals surface area contributed by atoms with Crippen LogP contribution in [0.25, 0.3) is 11.1 Å². The smallest absolute Gasteiger partial charge is 0.250 e. The molecule has 4 heteroatoms. The Kier molecular flexibility index (Phi) is 6.18. The fourth-order valence-electron chi connectivity index (χ4n) is 3.71. The molecule has 0 saturated carbocycles. The lowest BCUT2D eigenvalue weighted by Crippen LogP contribution is -2.19. The zero-order valence-corrected chi connectivity index (χ0v) is 17.7. The van der Waals surface area contributed by atoms with Gasteiger partial charge in [-0.3, -0.25) is 4.79 Å². The average molecular weight is 412 g/mol. The van der Waals surface area contributed by atoms with E-state index in [2.05, 4.69) is 12.1 Å². The highest BCUT2D eigenvalue weighted by Crippen LogP contribution is 2.31. The summed E-state index contributed by atoms with van der Waals surface area (Å²) in [5.74, 6) is 1.61. The highest BCUT2D eigenvalue weighted by atomic mass is 16.5. The summed E-state index contributed by atoms with van der Waals surface area (Å²) in [7, 11) is 3.34. The number of hydrogen-bond acceptors (Lipinski definition) is 3. The van der Waals surface area contributed by atoms with Gasteiger partial charge in [0.15, 0.2) is 0 Å². The van der Waals surface area contributed by atoms with Gasteiger partial charge < -0.3 is 14.0 Å². The first-order valence-electron chi connectivity index (χ1n) is 10.2. The van der Waals surface area contributed by atoms with Crippen molar-refractivity contribution in [1.29, 1.82) is 0 Å². The van der Waals surface area contributed by atoms with Gasteiger partial charge in [0.05, 0.1) is 20.8 Å². The minimum Gasteiger partial charge on any atom is -0.497 e. The van der Waals surface area contributed by atoms with Gasteiger partial charge in [0.1, 0.15) is 11.5 Å². The lowest BCUT2D eigenvalue weighted by atomic mass is 9.95. The van der Waals surface area contributed by atoms with E-state index in [1.807, 2.05) is 72.9 Å². The largest absolute Gasteiger partial charge is 0.497 e. The molecule has 0 N–H and O–H groups in total. The third kappa shape index (κ3) is 4.86. The summed E-state index contributed by atoms with van der Waals surface area (Å²) < 4.78 is 12.6. The lowest BCUT2D eigenvalue weighted by molar-refractivity contribution is 0.414. The van der Waals surface area contributed by atoms with Gasteiger partial charge >= 0.3 is 0 Å². The Bertz CT molecular complexity index is 1230. The molecule has 0 aliphatic heterocycles. The van der Waals surface area contributed by atoms with Crippen molar-refractivity contribution < 1.29 is 9.47 Å². The SMILES string of the molecule is COc1cccc(-c2cc(OC)ccc2Cc2ccc(=O)n(Cc3ccccc3)c2)c1. The van der Waals surface area contributed by atoms with Gasteiger partial charge in [-0.15, -0.1) is 0 Å². The van der Waals surface area contributed by atoms with Crippen LogP contribution in [0.4, 0.5) is 0 Å². The van der Waals surface area contributed by atoms with Crippen LogP contribution in [0.3, 0.4) is 0 Å². The Morgan fingerprint density at radius 2 is 1.52 bits per heavy atom. The second-order valence-corrected chi connectivity index (χ2v) is 7.42. The van der Waals surface area contributed by atoms with Gasteiger partial charge in [0, 0.05) is 12.3 Å². The van der Waals surface area contributed by atoms with E-state index in [9.17, 15) is 4.79 Å². The first-order chi connectivity index (χ1) is 15.2. The molecule has 0 amide bonds. The van der Waals surface area contributed by atoms with E-state index in [1.54, 1.807) is 24.9 Å². The third-order valence-corrected chi connectivity index (χ3v) is 5.33. The summed E-state index contributed by atoms with van der Waals surface area (Å²) in [5, 5.41) is 0. The summed E-state index contributed by atoms with van der Waals surface area (Å²) in [4.78, 5) is 12.4. The van der Waals surface area contributed by atoms with Crippen LogP contribution in [0.5, 0.6) is 11.5 Å². The third-order valence-electron chi connectivity index (χ3n) is 5.33. The molecule has 4 rings (SSSR count). The van der Waals surface area contributed by atoms with E-state index >= 15 is 0 Å². The van der Waals surface area contributed by atoms with Crippen LogP contribution in [0.15, 0.2) is 95.9 Å². The summed E-state index contributed by atoms with van der Waals surface area (Å²) >= 11 is 0. The van der Waals surface area contributed by atoms with E-state index in [0.29, 0.717) is 13.0 Å². The topological polar surface area (TPSA) is 40.5 Å². The van der Waals surface area contributed by atoms with Crippen molar-refractivity contribution in [2.75, 3.05) is 14.2 Å². The zero-order chi connectivity index (χ0) is 21.6. The number of ether oxygens (including phenoxy) is 2. The number of rotatable bonds is 7. The molecule has 0 radical (unpaired) electrons. The van der Waals surface area contributed by atoms with E-state index in [-0.39, 0.29) is 5.56 Å². The summed E-state index contributed by atoms with van der Waals surface area (Å²) in [6.45, 7) is 0.554. The molecule has 0 atom stereocenters. The first kappa shape index (κ1) is 20.5. The number of nitrogens with zero attached hydrogens (tertiary/aromatic N) is 1. The molecule has 0 saturated heterocycles. The van der Waals surface area contributed by atoms with Gasteiger partial charge in [-0.25, -0.2) is 0 Å². The van der Waals surface area contributed by atoms with Crippen LogP contribution < -0.4 is 15.0 Å². The zero-order valence-electron chi connectivity index (χ0n) is 17.7. The maximum absolute atomic E-state index is 12.4. The summed E-state index contributed by atoms with van der Waals surface area (Å²) in [6.07, 6.45) is 2.65. The Morgan fingerprint density at radius 1 is 0.742 bits per heavy atom. The Morgan fingerprint density at radius 3 is 2.29 bits per heavy atom. The molecule has 4 aromatic rings. The van der Waals surface area contributed by atoms with Crippen molar-refractivity contribution in [3.63, 3.8) is 0 Å². The van der Waals surface area contributed by atoms with Crippen molar-refractivity contribution >= 4 is 0 Å². The molecule has 0 spiro atoms. The van der Waals surface area contributed by atoms with Gasteiger partial charge in [-0.05, 0) is 58.5 Å². The fourth-order valence-corrected chi connectivity index (χ4v) is 3.71. The second kappa shape index (κ2) is 9.35. The molecular weight excluding hydrogens is 386 g/mol. The summed E-state index contributed by atoms with van der Waals surface area (Å²) in [5.41, 5.74) is 5.47. The van der Waals surface area contributed by atoms with Gasteiger partial charge in [0.2, 0.25) is 0 Å². The Balaban J connectivity index is 1.69. The van der Waals surface area contributed by atoms with Crippen molar-refractivity contribution in [1.82, 2.24) is 4.57 Å². The van der Waals surface area contributed by atoms with Crippen LogP contribution in [-0.4, -0.2) is 18.8 Å². The van der Waals surface area contributed by atoms with Crippen LogP contribution in [0.1, 0.15) is 16.7 Å². The van der Waals surface area contributed by atoms with Crippen molar-refractivity contribution in [3.8, 4) is 22.6 Å². The highest BCUT2D eigenvalue weighted by molar-refractivity contribution is 5.71. The number of methoxy groups -OCH3 is 2. The maximum Gasteiger partial charge on any atom is 0.250 e. The molecule has 1 aromatic heterocycles. The molecule has 1 heterocycles. The van der Waals surface area contributed by atoms with E-state index in [4.69, 9.17) is 9.47 Å². The van der Waals surface area contributed by atoms with E-state index in [0.717, 1.165) is 39.3 Å². The maximum atomic E-state index is 12.4. The quantitative estimate of drug-likeness (QED) is 0.421. The average Bonchev–Trinajstić information content (AvgIpc) is 2.82. The molecule has 0 unspecified atom stereocenters. The standard InChI is InChI=1S/C27H25NO3/c1-30-24-10-6-9-22(16-24)26-17-25(31-2)13-12-23(26)15-21-11-14-27(29)28(19-21)18-20-7-4-3-5-8-20/h3-14,16-17,19H,15,18H2,1-2H3. The molecule has 0 aliphatic rings. The fraction of sp³-hybridized carbons (Fsp3) is 0.148. The van der Waals surface area contributed by atoms with Crippen LogP contribution in [-0.2, 0) is 13.0 Å². The predicted octanol–water partition coefficient (Wildman–Crippen LogP) is 5.17. The second-order valence-electron chi connectivity index (χ2n) is 7.42. The van der Waals surface area contributed by atoms with Crippen molar-refractivity contribution in [3.05, 3.63) is 118 Å². The first-order valence-corrected chi connectivity index (χ1v) is 10.2. The molecule has 31 heavy (non-hydrogen) atoms. The molecule has 0 fully saturated rings. The number of aromatic nitrogens is 1. The van der Waals surface area contributed by atoms with Gasteiger partial charge in [-0.1, -0.05) is 54.6 Å². The minimum atomic E-state index is -0.00430. The van der Waals surface area contributed by atoms with Crippen LogP contribution >= 0.6 is 0 Å². The normalized spacial score (nSPS) is 10.6. The molecule has 156 valence electrons. The molecule has 3 aromatic carbocycles. The summed E-state index contributed by atoms with van der Waals surface area (Å²) in [6, 6.07) is 27.7. The monoisotopic (exact) mass is 411 g/mol. The predicted molar refractivity (Wildman–Crippen MR) is 124 cm³/mol. The molecule has 0 aliphatic carbocycles. The Hall–Kier alpha value is -3.79. The molecule has 4 nitrogen and oxygen atoms in total. The van der Waals surface area contributed by atoms with Crippen molar-refractivity contribution in [2.45, 2.75) is 13.0 Å². The number of benzene rings is 3. The van der Waals surface area contributed by atoms with Crippen LogP contribution in [0.2, 0.25) is 0 Å². The van der Waals surface area contributed by atoms with Crippen LogP contribution in [0, 0.1) is 0 Å². The Labute approximate surface area is 182 Å². The lowest BCUT2D eigenvalue weighted by Gasteiger charge is -2.14. The van der Waals surface area contributed by atoms with Crippen molar-refractivity contribution in [2.24, 2.45) is 0 Å². The van der Waals surface area contributed by atoms with E-state index in [1.165, 1.54) is 0 Å². The van der Waals surface area contributed by atoms with Gasteiger partial charge in [-0.2, -0.15) is 0 Å². The minimum absolute atomic E-state index is 0.00430. The van der Waals surface area contributed by atoms with E-state index < -0.39 is 0 Å². The number of pyridine rings is 1. The number of hydrogen-bond donors (Lipinski definition) is 0. The highest BCUT2D eigenvalue weighted by Gasteiger charge is 2.10. The van der Waals surface area contributed by atoms with Gasteiger partial charge in [0.25, 0.3) is 5.56 Å².